The van der Waals surface area contributed by atoms with Gasteiger partial charge in [0, 0.05) is 19.1 Å². The molecule has 1 heterocycles. The molecular weight excluding hydrogens is 296 g/mol. The van der Waals surface area contributed by atoms with E-state index in [1.807, 2.05) is 41.8 Å². The molecule has 1 saturated heterocycles. The molecule has 1 fully saturated rings. The van der Waals surface area contributed by atoms with Crippen molar-refractivity contribution in [3.05, 3.63) is 28.3 Å². The first kappa shape index (κ1) is 17.4. The van der Waals surface area contributed by atoms with Crippen LogP contribution >= 0.6 is 0 Å². The van der Waals surface area contributed by atoms with Crippen molar-refractivity contribution in [2.24, 2.45) is 0 Å². The molecule has 1 aromatic carbocycles. The van der Waals surface area contributed by atoms with Gasteiger partial charge in [0.2, 0.25) is 10.0 Å². The van der Waals surface area contributed by atoms with E-state index in [1.165, 1.54) is 0 Å². The SMILES string of the molecule is Cc1cc(C)c(C)c(S(=O)(=O)N2CCCC(N(C)C)C2)c1C. The van der Waals surface area contributed by atoms with Crippen LogP contribution in [-0.2, 0) is 10.0 Å². The molecule has 0 radical (unpaired) electrons. The van der Waals surface area contributed by atoms with Crippen LogP contribution in [0.2, 0.25) is 0 Å². The first-order valence-corrected chi connectivity index (χ1v) is 9.34. The number of rotatable bonds is 3. The summed E-state index contributed by atoms with van der Waals surface area (Å²) in [6, 6.07) is 2.37. The fourth-order valence-electron chi connectivity index (χ4n) is 3.26. The lowest BCUT2D eigenvalue weighted by Gasteiger charge is -2.36. The van der Waals surface area contributed by atoms with E-state index in [0.717, 1.165) is 35.1 Å². The van der Waals surface area contributed by atoms with Crippen molar-refractivity contribution in [2.45, 2.75) is 51.5 Å². The summed E-state index contributed by atoms with van der Waals surface area (Å²) in [6.45, 7) is 9.02. The van der Waals surface area contributed by atoms with Gasteiger partial charge in [0.15, 0.2) is 0 Å². The van der Waals surface area contributed by atoms with Crippen LogP contribution in [0.25, 0.3) is 0 Å². The normalized spacial score (nSPS) is 20.6. The summed E-state index contributed by atoms with van der Waals surface area (Å²) in [5.41, 5.74) is 3.86. The molecule has 1 aliphatic rings. The van der Waals surface area contributed by atoms with Gasteiger partial charge in [-0.2, -0.15) is 4.31 Å². The Balaban J connectivity index is 2.47. The van der Waals surface area contributed by atoms with Crippen molar-refractivity contribution in [2.75, 3.05) is 27.2 Å². The molecule has 0 saturated carbocycles. The number of benzene rings is 1. The third-order valence-corrected chi connectivity index (χ3v) is 7.12. The van der Waals surface area contributed by atoms with E-state index in [4.69, 9.17) is 0 Å². The molecule has 0 spiro atoms. The van der Waals surface area contributed by atoms with Crippen molar-refractivity contribution in [1.29, 1.82) is 0 Å². The van der Waals surface area contributed by atoms with E-state index in [9.17, 15) is 8.42 Å². The topological polar surface area (TPSA) is 40.6 Å². The highest BCUT2D eigenvalue weighted by Crippen LogP contribution is 2.30. The average molecular weight is 324 g/mol. The molecule has 2 rings (SSSR count). The Morgan fingerprint density at radius 1 is 1.09 bits per heavy atom. The van der Waals surface area contributed by atoms with Gasteiger partial charge in [0.25, 0.3) is 0 Å². The molecule has 1 aliphatic heterocycles. The summed E-state index contributed by atoms with van der Waals surface area (Å²) in [6.07, 6.45) is 1.98. The third-order valence-electron chi connectivity index (χ3n) is 4.98. The minimum absolute atomic E-state index is 0.301. The standard InChI is InChI=1S/C17H28N2O2S/c1-12-10-13(2)15(4)17(14(12)3)22(20,21)19-9-7-8-16(11-19)18(5)6/h10,16H,7-9,11H2,1-6H3. The fraction of sp³-hybridized carbons (Fsp3) is 0.647. The zero-order valence-corrected chi connectivity index (χ0v) is 15.4. The van der Waals surface area contributed by atoms with E-state index in [0.29, 0.717) is 24.0 Å². The predicted octanol–water partition coefficient (Wildman–Crippen LogP) is 2.63. The van der Waals surface area contributed by atoms with Crippen molar-refractivity contribution in [3.63, 3.8) is 0 Å². The second-order valence-electron chi connectivity index (χ2n) is 6.71. The number of piperidine rings is 1. The first-order chi connectivity index (χ1) is 10.2. The molecular formula is C17H28N2O2S. The van der Waals surface area contributed by atoms with Gasteiger partial charge in [-0.1, -0.05) is 6.07 Å². The van der Waals surface area contributed by atoms with Crippen LogP contribution in [0.1, 0.15) is 35.1 Å². The van der Waals surface area contributed by atoms with Gasteiger partial charge in [-0.3, -0.25) is 0 Å². The number of hydrogen-bond donors (Lipinski definition) is 0. The van der Waals surface area contributed by atoms with Gasteiger partial charge in [-0.05, 0) is 76.9 Å². The molecule has 0 aliphatic carbocycles. The van der Waals surface area contributed by atoms with Crippen LogP contribution in [0, 0.1) is 27.7 Å². The molecule has 0 aromatic heterocycles. The highest BCUT2D eigenvalue weighted by atomic mass is 32.2. The lowest BCUT2D eigenvalue weighted by Crippen LogP contribution is -2.47. The molecule has 0 bridgehead atoms. The molecule has 0 N–H and O–H groups in total. The summed E-state index contributed by atoms with van der Waals surface area (Å²) >= 11 is 0. The van der Waals surface area contributed by atoms with E-state index >= 15 is 0 Å². The monoisotopic (exact) mass is 324 g/mol. The molecule has 1 atom stereocenters. The largest absolute Gasteiger partial charge is 0.305 e. The summed E-state index contributed by atoms with van der Waals surface area (Å²) in [7, 11) is 0.616. The minimum atomic E-state index is -3.43. The molecule has 1 aromatic rings. The Morgan fingerprint density at radius 3 is 2.14 bits per heavy atom. The van der Waals surface area contributed by atoms with Crippen molar-refractivity contribution >= 4 is 10.0 Å². The molecule has 5 heteroatoms. The number of hydrogen-bond acceptors (Lipinski definition) is 3. The zero-order chi connectivity index (χ0) is 16.7. The highest BCUT2D eigenvalue weighted by molar-refractivity contribution is 7.89. The number of sulfonamides is 1. The van der Waals surface area contributed by atoms with Gasteiger partial charge >= 0.3 is 0 Å². The van der Waals surface area contributed by atoms with Gasteiger partial charge in [-0.25, -0.2) is 8.42 Å². The maximum Gasteiger partial charge on any atom is 0.243 e. The van der Waals surface area contributed by atoms with E-state index in [1.54, 1.807) is 4.31 Å². The summed E-state index contributed by atoms with van der Waals surface area (Å²) < 4.78 is 28.1. The Bertz CT molecular complexity index is 639. The molecule has 22 heavy (non-hydrogen) atoms. The Hall–Kier alpha value is -0.910. The quantitative estimate of drug-likeness (QED) is 0.858. The zero-order valence-electron chi connectivity index (χ0n) is 14.6. The van der Waals surface area contributed by atoms with E-state index in [-0.39, 0.29) is 0 Å². The fourth-order valence-corrected chi connectivity index (χ4v) is 5.35. The third kappa shape index (κ3) is 3.07. The van der Waals surface area contributed by atoms with E-state index < -0.39 is 10.0 Å². The van der Waals surface area contributed by atoms with Gasteiger partial charge < -0.3 is 4.90 Å². The van der Waals surface area contributed by atoms with Crippen LogP contribution in [0.5, 0.6) is 0 Å². The minimum Gasteiger partial charge on any atom is -0.305 e. The Labute approximate surface area is 135 Å². The summed E-state index contributed by atoms with van der Waals surface area (Å²) in [5, 5.41) is 0. The first-order valence-electron chi connectivity index (χ1n) is 7.90. The second kappa shape index (κ2) is 6.30. The molecule has 1 unspecified atom stereocenters. The maximum absolute atomic E-state index is 13.2. The van der Waals surface area contributed by atoms with Gasteiger partial charge in [0.05, 0.1) is 4.90 Å². The van der Waals surface area contributed by atoms with Crippen LogP contribution in [0.4, 0.5) is 0 Å². The van der Waals surface area contributed by atoms with E-state index in [2.05, 4.69) is 11.0 Å². The number of aryl methyl sites for hydroxylation is 2. The van der Waals surface area contributed by atoms with Crippen LogP contribution < -0.4 is 0 Å². The number of nitrogens with zero attached hydrogens (tertiary/aromatic N) is 2. The molecule has 0 amide bonds. The van der Waals surface area contributed by atoms with Crippen LogP contribution in [-0.4, -0.2) is 50.8 Å². The second-order valence-corrected chi connectivity index (χ2v) is 8.59. The Kier molecular flexibility index (Phi) is 5.00. The highest BCUT2D eigenvalue weighted by Gasteiger charge is 2.33. The van der Waals surface area contributed by atoms with Gasteiger partial charge in [0.1, 0.15) is 0 Å². The van der Waals surface area contributed by atoms with Crippen molar-refractivity contribution in [1.82, 2.24) is 9.21 Å². The summed E-state index contributed by atoms with van der Waals surface area (Å²) in [5.74, 6) is 0. The smallest absolute Gasteiger partial charge is 0.243 e. The number of likely N-dealkylation sites (N-methyl/N-ethyl adjacent to an activating group) is 1. The predicted molar refractivity (Wildman–Crippen MR) is 90.9 cm³/mol. The average Bonchev–Trinajstić information content (AvgIpc) is 2.45. The van der Waals surface area contributed by atoms with Crippen LogP contribution in [0.15, 0.2) is 11.0 Å². The summed E-state index contributed by atoms with van der Waals surface area (Å²) in [4.78, 5) is 2.65. The lowest BCUT2D eigenvalue weighted by atomic mass is 10.0. The Morgan fingerprint density at radius 2 is 1.64 bits per heavy atom. The molecule has 4 nitrogen and oxygen atoms in total. The van der Waals surface area contributed by atoms with Gasteiger partial charge in [-0.15, -0.1) is 0 Å². The van der Waals surface area contributed by atoms with Crippen molar-refractivity contribution < 1.29 is 8.42 Å². The lowest BCUT2D eigenvalue weighted by molar-refractivity contribution is 0.190. The van der Waals surface area contributed by atoms with Crippen LogP contribution in [0.3, 0.4) is 0 Å². The molecule has 124 valence electrons. The maximum atomic E-state index is 13.2. The van der Waals surface area contributed by atoms with Crippen molar-refractivity contribution in [3.8, 4) is 0 Å².